The van der Waals surface area contributed by atoms with Gasteiger partial charge < -0.3 is 14.8 Å². The van der Waals surface area contributed by atoms with Gasteiger partial charge in [-0.1, -0.05) is 13.3 Å². The van der Waals surface area contributed by atoms with Gasteiger partial charge >= 0.3 is 0 Å². The molecule has 0 bridgehead atoms. The summed E-state index contributed by atoms with van der Waals surface area (Å²) in [5.74, 6) is 1.25. The average Bonchev–Trinajstić information content (AvgIpc) is 2.83. The Balaban J connectivity index is 1.79. The van der Waals surface area contributed by atoms with E-state index in [0.29, 0.717) is 5.92 Å². The molecular formula is C16H24FNO2. The monoisotopic (exact) mass is 281 g/mol. The molecule has 3 nitrogen and oxygen atoms in total. The molecule has 112 valence electrons. The third-order valence-corrected chi connectivity index (χ3v) is 3.85. The standard InChI is InChI=1S/C16H24FNO2/c1-3-12(11-18-6-7-19-2)8-15-10-13-9-14(17)4-5-16(13)20-15/h4-5,9,12,15,18H,3,6-8,10-11H2,1-2H3. The fourth-order valence-electron chi connectivity index (χ4n) is 2.67. The lowest BCUT2D eigenvalue weighted by Crippen LogP contribution is -2.29. The number of ether oxygens (including phenoxy) is 2. The Labute approximate surface area is 120 Å². The van der Waals surface area contributed by atoms with Crippen LogP contribution < -0.4 is 10.1 Å². The molecule has 1 heterocycles. The van der Waals surface area contributed by atoms with Gasteiger partial charge in [0.05, 0.1) is 6.61 Å². The second-order valence-corrected chi connectivity index (χ2v) is 5.40. The highest BCUT2D eigenvalue weighted by Crippen LogP contribution is 2.32. The zero-order valence-corrected chi connectivity index (χ0v) is 12.3. The van der Waals surface area contributed by atoms with Crippen LogP contribution in [0, 0.1) is 11.7 Å². The van der Waals surface area contributed by atoms with Crippen molar-refractivity contribution in [3.8, 4) is 5.75 Å². The molecule has 20 heavy (non-hydrogen) atoms. The largest absolute Gasteiger partial charge is 0.490 e. The Morgan fingerprint density at radius 3 is 3.10 bits per heavy atom. The van der Waals surface area contributed by atoms with Crippen LogP contribution in [0.25, 0.3) is 0 Å². The molecule has 0 radical (unpaired) electrons. The van der Waals surface area contributed by atoms with Crippen molar-refractivity contribution < 1.29 is 13.9 Å². The average molecular weight is 281 g/mol. The third kappa shape index (κ3) is 4.18. The minimum Gasteiger partial charge on any atom is -0.490 e. The molecule has 0 aromatic heterocycles. The van der Waals surface area contributed by atoms with Crippen molar-refractivity contribution in [3.63, 3.8) is 0 Å². The van der Waals surface area contributed by atoms with E-state index in [0.717, 1.165) is 50.3 Å². The van der Waals surface area contributed by atoms with E-state index in [1.54, 1.807) is 19.2 Å². The van der Waals surface area contributed by atoms with Gasteiger partial charge in [-0.3, -0.25) is 0 Å². The second kappa shape index (κ2) is 7.60. The van der Waals surface area contributed by atoms with E-state index >= 15 is 0 Å². The summed E-state index contributed by atoms with van der Waals surface area (Å²) in [5.41, 5.74) is 0.997. The summed E-state index contributed by atoms with van der Waals surface area (Å²) >= 11 is 0. The number of rotatable bonds is 8. The van der Waals surface area contributed by atoms with E-state index in [-0.39, 0.29) is 11.9 Å². The van der Waals surface area contributed by atoms with Crippen LogP contribution in [0.3, 0.4) is 0 Å². The van der Waals surface area contributed by atoms with Crippen molar-refractivity contribution in [2.75, 3.05) is 26.8 Å². The molecule has 0 saturated heterocycles. The van der Waals surface area contributed by atoms with Gasteiger partial charge in [0.25, 0.3) is 0 Å². The summed E-state index contributed by atoms with van der Waals surface area (Å²) in [4.78, 5) is 0. The van der Waals surface area contributed by atoms with E-state index in [9.17, 15) is 4.39 Å². The van der Waals surface area contributed by atoms with Crippen LogP contribution in [0.5, 0.6) is 5.75 Å². The van der Waals surface area contributed by atoms with Crippen LogP contribution in [-0.2, 0) is 11.2 Å². The quantitative estimate of drug-likeness (QED) is 0.743. The van der Waals surface area contributed by atoms with E-state index in [1.807, 2.05) is 0 Å². The molecular weight excluding hydrogens is 257 g/mol. The second-order valence-electron chi connectivity index (χ2n) is 5.40. The van der Waals surface area contributed by atoms with E-state index in [4.69, 9.17) is 9.47 Å². The molecule has 0 aliphatic carbocycles. The molecule has 2 atom stereocenters. The number of fused-ring (bicyclic) bond motifs is 1. The van der Waals surface area contributed by atoms with Gasteiger partial charge in [0.1, 0.15) is 17.7 Å². The lowest BCUT2D eigenvalue weighted by molar-refractivity contribution is 0.180. The third-order valence-electron chi connectivity index (χ3n) is 3.85. The first-order valence-corrected chi connectivity index (χ1v) is 7.37. The predicted molar refractivity (Wildman–Crippen MR) is 77.7 cm³/mol. The summed E-state index contributed by atoms with van der Waals surface area (Å²) in [6.07, 6.45) is 3.12. The molecule has 0 saturated carbocycles. The number of methoxy groups -OCH3 is 1. The van der Waals surface area contributed by atoms with E-state index < -0.39 is 0 Å². The molecule has 1 aliphatic rings. The molecule has 1 aliphatic heterocycles. The van der Waals surface area contributed by atoms with Crippen LogP contribution in [0.1, 0.15) is 25.3 Å². The summed E-state index contributed by atoms with van der Waals surface area (Å²) in [5, 5.41) is 3.40. The van der Waals surface area contributed by atoms with Crippen molar-refractivity contribution in [2.45, 2.75) is 32.3 Å². The van der Waals surface area contributed by atoms with Crippen molar-refractivity contribution in [1.29, 1.82) is 0 Å². The van der Waals surface area contributed by atoms with Gasteiger partial charge in [-0.15, -0.1) is 0 Å². The minimum atomic E-state index is -0.179. The Hall–Kier alpha value is -1.13. The smallest absolute Gasteiger partial charge is 0.123 e. The van der Waals surface area contributed by atoms with Crippen LogP contribution in [0.15, 0.2) is 18.2 Å². The normalized spacial score (nSPS) is 18.6. The topological polar surface area (TPSA) is 30.5 Å². The maximum absolute atomic E-state index is 13.2. The van der Waals surface area contributed by atoms with Crippen LogP contribution in [0.4, 0.5) is 4.39 Å². The molecule has 0 fully saturated rings. The summed E-state index contributed by atoms with van der Waals surface area (Å²) < 4.78 is 24.1. The van der Waals surface area contributed by atoms with Crippen molar-refractivity contribution in [2.24, 2.45) is 5.92 Å². The van der Waals surface area contributed by atoms with Gasteiger partial charge in [-0.2, -0.15) is 0 Å². The molecule has 1 N–H and O–H groups in total. The number of halogens is 1. The zero-order valence-electron chi connectivity index (χ0n) is 12.3. The fraction of sp³-hybridized carbons (Fsp3) is 0.625. The molecule has 2 rings (SSSR count). The maximum Gasteiger partial charge on any atom is 0.123 e. The lowest BCUT2D eigenvalue weighted by Gasteiger charge is -2.19. The SMILES string of the molecule is CCC(CNCCOC)CC1Cc2cc(F)ccc2O1. The first-order chi connectivity index (χ1) is 9.72. The molecule has 2 unspecified atom stereocenters. The minimum absolute atomic E-state index is 0.179. The summed E-state index contributed by atoms with van der Waals surface area (Å²) in [6, 6.07) is 4.79. The van der Waals surface area contributed by atoms with Gasteiger partial charge in [-0.25, -0.2) is 4.39 Å². The van der Waals surface area contributed by atoms with Crippen molar-refractivity contribution in [3.05, 3.63) is 29.6 Å². The van der Waals surface area contributed by atoms with Crippen LogP contribution in [0.2, 0.25) is 0 Å². The van der Waals surface area contributed by atoms with Crippen LogP contribution >= 0.6 is 0 Å². The Morgan fingerprint density at radius 2 is 2.35 bits per heavy atom. The molecule has 4 heteroatoms. The van der Waals surface area contributed by atoms with E-state index in [1.165, 1.54) is 6.07 Å². The first kappa shape index (κ1) is 15.3. The molecule has 0 amide bonds. The van der Waals surface area contributed by atoms with E-state index in [2.05, 4.69) is 12.2 Å². The zero-order chi connectivity index (χ0) is 14.4. The fourth-order valence-corrected chi connectivity index (χ4v) is 2.67. The summed E-state index contributed by atoms with van der Waals surface area (Å²) in [7, 11) is 1.71. The Bertz CT molecular complexity index is 425. The number of hydrogen-bond donors (Lipinski definition) is 1. The highest BCUT2D eigenvalue weighted by atomic mass is 19.1. The first-order valence-electron chi connectivity index (χ1n) is 7.37. The molecule has 0 spiro atoms. The maximum atomic E-state index is 13.2. The Kier molecular flexibility index (Phi) is 5.80. The highest BCUT2D eigenvalue weighted by Gasteiger charge is 2.25. The van der Waals surface area contributed by atoms with Gasteiger partial charge in [0.15, 0.2) is 0 Å². The molecule has 1 aromatic rings. The van der Waals surface area contributed by atoms with Gasteiger partial charge in [-0.05, 0) is 37.1 Å². The molecule has 1 aromatic carbocycles. The van der Waals surface area contributed by atoms with Crippen molar-refractivity contribution in [1.82, 2.24) is 5.32 Å². The van der Waals surface area contributed by atoms with Crippen molar-refractivity contribution >= 4 is 0 Å². The number of nitrogens with one attached hydrogen (secondary N) is 1. The Morgan fingerprint density at radius 1 is 1.50 bits per heavy atom. The number of hydrogen-bond acceptors (Lipinski definition) is 3. The predicted octanol–water partition coefficient (Wildman–Crippen LogP) is 2.78. The van der Waals surface area contributed by atoms with Crippen LogP contribution in [-0.4, -0.2) is 32.9 Å². The number of benzene rings is 1. The van der Waals surface area contributed by atoms with Gasteiger partial charge in [0, 0.05) is 25.6 Å². The summed E-state index contributed by atoms with van der Waals surface area (Å²) in [6.45, 7) is 4.79. The lowest BCUT2D eigenvalue weighted by atomic mass is 9.96. The highest BCUT2D eigenvalue weighted by molar-refractivity contribution is 5.37. The van der Waals surface area contributed by atoms with Gasteiger partial charge in [0.2, 0.25) is 0 Å².